The van der Waals surface area contributed by atoms with E-state index in [-0.39, 0.29) is 0 Å². The number of hydrogen-bond donors (Lipinski definition) is 1. The van der Waals surface area contributed by atoms with Crippen LogP contribution in [0.15, 0.2) is 0 Å². The van der Waals surface area contributed by atoms with E-state index in [9.17, 15) is 4.21 Å². The predicted octanol–water partition coefficient (Wildman–Crippen LogP) is 4.94. The first-order valence-corrected chi connectivity index (χ1v) is 14.3. The second-order valence-electron chi connectivity index (χ2n) is 7.33. The number of rotatable bonds is 7. The highest BCUT2D eigenvalue weighted by atomic mass is 32.2. The molecule has 1 atom stereocenters. The summed E-state index contributed by atoms with van der Waals surface area (Å²) in [6.45, 7) is 23.5. The van der Waals surface area contributed by atoms with Gasteiger partial charge in [-0.1, -0.05) is 48.5 Å². The molecular formula is C23H62N4OS2. The first-order chi connectivity index (χ1) is 13.8. The average molecular weight is 475 g/mol. The normalized spacial score (nSPS) is 10.7. The van der Waals surface area contributed by atoms with Crippen LogP contribution in [0.5, 0.6) is 0 Å². The van der Waals surface area contributed by atoms with Gasteiger partial charge in [-0.2, -0.15) is 0 Å². The molecule has 0 spiro atoms. The fraction of sp³-hybridized carbons (Fsp3) is 1.00. The molecule has 0 saturated heterocycles. The van der Waals surface area contributed by atoms with Crippen molar-refractivity contribution in [1.82, 2.24) is 14.7 Å². The lowest BCUT2D eigenvalue weighted by atomic mass is 10.1. The molecule has 192 valence electrons. The molecule has 0 fully saturated rings. The summed E-state index contributed by atoms with van der Waals surface area (Å²) in [6.07, 6.45) is 2.13. The summed E-state index contributed by atoms with van der Waals surface area (Å²) < 4.78 is 10.8. The van der Waals surface area contributed by atoms with Crippen molar-refractivity contribution in [3.8, 4) is 0 Å². The first kappa shape index (κ1) is 44.1. The highest BCUT2D eigenvalue weighted by Gasteiger charge is 2.14. The predicted molar refractivity (Wildman–Crippen MR) is 150 cm³/mol. The Morgan fingerprint density at radius 3 is 1.33 bits per heavy atom. The Morgan fingerprint density at radius 2 is 1.20 bits per heavy atom. The van der Waals surface area contributed by atoms with Crippen LogP contribution in [0.3, 0.4) is 0 Å². The van der Waals surface area contributed by atoms with Gasteiger partial charge in [-0.3, -0.25) is 9.11 Å². The van der Waals surface area contributed by atoms with E-state index >= 15 is 0 Å². The molecule has 0 aromatic carbocycles. The Labute approximate surface area is 200 Å². The second kappa shape index (κ2) is 36.7. The molecule has 0 heterocycles. The molecule has 0 rings (SSSR count). The summed E-state index contributed by atoms with van der Waals surface area (Å²) in [6, 6.07) is 0. The summed E-state index contributed by atoms with van der Waals surface area (Å²) in [5.74, 6) is 2.71. The van der Waals surface area contributed by atoms with Crippen LogP contribution >= 0.6 is 11.8 Å². The topological polar surface area (TPSA) is 52.8 Å². The molecular weight excluding hydrogens is 412 g/mol. The largest absolute Gasteiger partial charge is 0.331 e. The Hall–Kier alpha value is 0.340. The van der Waals surface area contributed by atoms with E-state index < -0.39 is 10.8 Å². The monoisotopic (exact) mass is 474 g/mol. The fourth-order valence-electron chi connectivity index (χ4n) is 0.816. The minimum atomic E-state index is -0.589. The molecule has 0 bridgehead atoms. The molecule has 30 heavy (non-hydrogen) atoms. The van der Waals surface area contributed by atoms with Gasteiger partial charge in [0.1, 0.15) is 0 Å². The van der Waals surface area contributed by atoms with Crippen LogP contribution in [0.25, 0.3) is 0 Å². The third-order valence-corrected chi connectivity index (χ3v) is 5.12. The summed E-state index contributed by atoms with van der Waals surface area (Å²) in [4.78, 5) is 6.51. The molecule has 0 aliphatic heterocycles. The van der Waals surface area contributed by atoms with Gasteiger partial charge in [0.25, 0.3) is 0 Å². The third kappa shape index (κ3) is 63.0. The first-order valence-electron chi connectivity index (χ1n) is 11.4. The summed E-state index contributed by atoms with van der Waals surface area (Å²) in [5.41, 5.74) is 5.17. The maximum Gasteiger partial charge on any atom is 0.0443 e. The van der Waals surface area contributed by atoms with Crippen LogP contribution < -0.4 is 5.73 Å². The maximum atomic E-state index is 10.8. The molecule has 0 radical (unpaired) electrons. The van der Waals surface area contributed by atoms with E-state index in [4.69, 9.17) is 5.73 Å². The quantitative estimate of drug-likeness (QED) is 0.527. The van der Waals surface area contributed by atoms with Crippen molar-refractivity contribution in [2.24, 2.45) is 5.73 Å². The summed E-state index contributed by atoms with van der Waals surface area (Å²) in [5, 5.41) is 0. The number of nitrogens with two attached hydrogens (primary N) is 1. The molecule has 0 amide bonds. The minimum absolute atomic E-state index is 0.322. The third-order valence-electron chi connectivity index (χ3n) is 3.19. The Morgan fingerprint density at radius 1 is 0.867 bits per heavy atom. The highest BCUT2D eigenvalue weighted by molar-refractivity contribution is 7.98. The molecule has 0 aromatic rings. The van der Waals surface area contributed by atoms with E-state index in [0.717, 1.165) is 37.0 Å². The van der Waals surface area contributed by atoms with Gasteiger partial charge < -0.3 is 15.5 Å². The summed E-state index contributed by atoms with van der Waals surface area (Å²) in [7, 11) is 9.66. The van der Waals surface area contributed by atoms with Gasteiger partial charge in [0, 0.05) is 40.3 Å². The van der Waals surface area contributed by atoms with Crippen molar-refractivity contribution < 1.29 is 4.21 Å². The van der Waals surface area contributed by atoms with Gasteiger partial charge in [-0.15, -0.1) is 11.8 Å². The molecule has 0 aliphatic carbocycles. The second-order valence-corrected chi connectivity index (χ2v) is 10.0. The minimum Gasteiger partial charge on any atom is -0.331 e. The molecule has 5 nitrogen and oxygen atoms in total. The van der Waals surface area contributed by atoms with Gasteiger partial charge in [0.05, 0.1) is 0 Å². The Balaban J connectivity index is -0.0000000640. The van der Waals surface area contributed by atoms with Crippen molar-refractivity contribution in [3.63, 3.8) is 0 Å². The summed E-state index contributed by atoms with van der Waals surface area (Å²) >= 11 is 1.86. The van der Waals surface area contributed by atoms with Crippen molar-refractivity contribution in [2.45, 2.75) is 74.8 Å². The smallest absolute Gasteiger partial charge is 0.0443 e. The Kier molecular flexibility index (Phi) is 53.9. The SMILES string of the molecule is CC.CC.CCN.CCN(C)C.CCS(=O)CCN(C)C.CSCN(C)C(C)(C)C. The number of hydrogen-bond acceptors (Lipinski definition) is 6. The van der Waals surface area contributed by atoms with Crippen molar-refractivity contribution >= 4 is 22.6 Å². The molecule has 0 saturated carbocycles. The van der Waals surface area contributed by atoms with Crippen LogP contribution in [0.4, 0.5) is 0 Å². The Bertz CT molecular complexity index is 285. The zero-order chi connectivity index (χ0) is 25.8. The maximum absolute atomic E-state index is 10.8. The van der Waals surface area contributed by atoms with Crippen LogP contribution in [0.1, 0.15) is 69.2 Å². The number of thioether (sulfide) groups is 1. The van der Waals surface area contributed by atoms with Crippen molar-refractivity contribution in [2.75, 3.05) is 78.5 Å². The fourth-order valence-corrected chi connectivity index (χ4v) is 2.45. The lowest BCUT2D eigenvalue weighted by molar-refractivity contribution is 0.209. The van der Waals surface area contributed by atoms with E-state index in [1.54, 1.807) is 0 Å². The van der Waals surface area contributed by atoms with Crippen LogP contribution in [-0.4, -0.2) is 103 Å². The van der Waals surface area contributed by atoms with E-state index in [2.05, 4.69) is 64.9 Å². The van der Waals surface area contributed by atoms with Crippen LogP contribution in [0.2, 0.25) is 0 Å². The molecule has 0 aliphatic rings. The average Bonchev–Trinajstić information content (AvgIpc) is 2.70. The van der Waals surface area contributed by atoms with Gasteiger partial charge in [0.15, 0.2) is 0 Å². The van der Waals surface area contributed by atoms with E-state index in [0.29, 0.717) is 5.54 Å². The zero-order valence-electron chi connectivity index (χ0n) is 23.9. The van der Waals surface area contributed by atoms with Crippen LogP contribution in [-0.2, 0) is 10.8 Å². The van der Waals surface area contributed by atoms with Gasteiger partial charge >= 0.3 is 0 Å². The molecule has 0 aromatic heterocycles. The van der Waals surface area contributed by atoms with Gasteiger partial charge in [0.2, 0.25) is 0 Å². The van der Waals surface area contributed by atoms with Crippen LogP contribution in [0, 0.1) is 0 Å². The van der Waals surface area contributed by atoms with E-state index in [1.807, 2.05) is 72.3 Å². The molecule has 2 N–H and O–H groups in total. The lowest BCUT2D eigenvalue weighted by Gasteiger charge is -2.30. The van der Waals surface area contributed by atoms with Gasteiger partial charge in [-0.05, 0) is 75.4 Å². The highest BCUT2D eigenvalue weighted by Crippen LogP contribution is 2.12. The zero-order valence-corrected chi connectivity index (χ0v) is 25.5. The van der Waals surface area contributed by atoms with Crippen molar-refractivity contribution in [3.05, 3.63) is 0 Å². The molecule has 7 heteroatoms. The number of nitrogens with zero attached hydrogens (tertiary/aromatic N) is 3. The standard InChI is InChI=1S/C7H17NS.C6H15NOS.C4H11N.C2H7N.2C2H6/c1-7(2,3)8(4)6-9-5;1-4-9(8)6-5-7(2)3;1-4-5(2)3;1-2-3;2*1-2/h6H2,1-5H3;4-6H2,1-3H3;4H2,1-3H3;2-3H2,1H3;2*1-2H3. The van der Waals surface area contributed by atoms with E-state index in [1.165, 1.54) is 0 Å². The molecule has 1 unspecified atom stereocenters. The van der Waals surface area contributed by atoms with Crippen molar-refractivity contribution in [1.29, 1.82) is 0 Å². The van der Waals surface area contributed by atoms with Gasteiger partial charge in [-0.25, -0.2) is 0 Å². The lowest BCUT2D eigenvalue weighted by Crippen LogP contribution is -2.37.